The standard InChI is InChI=1S/C14H19N3OS2/c1-4-13-17-11-6-5-10(7-12(11)20-13)16-14(19)15-9(2)8-18-3/h5-7,9H,4,8H2,1-3H3,(H2,15,16,19)/t9-/m1/s1. The molecule has 2 aromatic rings. The number of anilines is 1. The maximum absolute atomic E-state index is 5.29. The fourth-order valence-electron chi connectivity index (χ4n) is 1.88. The summed E-state index contributed by atoms with van der Waals surface area (Å²) >= 11 is 7.01. The lowest BCUT2D eigenvalue weighted by Gasteiger charge is -2.16. The molecular weight excluding hydrogens is 290 g/mol. The van der Waals surface area contributed by atoms with Crippen molar-refractivity contribution >= 4 is 44.6 Å². The number of rotatable bonds is 5. The average Bonchev–Trinajstić information content (AvgIpc) is 2.80. The molecule has 0 amide bonds. The summed E-state index contributed by atoms with van der Waals surface area (Å²) in [4.78, 5) is 4.55. The maximum atomic E-state index is 5.29. The van der Waals surface area contributed by atoms with E-state index in [2.05, 4.69) is 28.6 Å². The first-order chi connectivity index (χ1) is 9.62. The van der Waals surface area contributed by atoms with Gasteiger partial charge in [0.2, 0.25) is 0 Å². The van der Waals surface area contributed by atoms with E-state index >= 15 is 0 Å². The Labute approximate surface area is 128 Å². The molecule has 4 nitrogen and oxygen atoms in total. The van der Waals surface area contributed by atoms with E-state index in [1.807, 2.05) is 19.1 Å². The zero-order valence-corrected chi connectivity index (χ0v) is 13.5. The number of methoxy groups -OCH3 is 1. The molecule has 0 saturated heterocycles. The Balaban J connectivity index is 2.03. The molecule has 20 heavy (non-hydrogen) atoms. The van der Waals surface area contributed by atoms with E-state index in [4.69, 9.17) is 17.0 Å². The lowest BCUT2D eigenvalue weighted by molar-refractivity contribution is 0.179. The summed E-state index contributed by atoms with van der Waals surface area (Å²) in [5.74, 6) is 0. The smallest absolute Gasteiger partial charge is 0.171 e. The van der Waals surface area contributed by atoms with Crippen molar-refractivity contribution in [2.24, 2.45) is 0 Å². The van der Waals surface area contributed by atoms with Crippen LogP contribution in [-0.4, -0.2) is 29.9 Å². The van der Waals surface area contributed by atoms with Crippen LogP contribution in [0.25, 0.3) is 10.2 Å². The molecule has 0 aliphatic carbocycles. The van der Waals surface area contributed by atoms with E-state index in [1.54, 1.807) is 18.4 Å². The highest BCUT2D eigenvalue weighted by molar-refractivity contribution is 7.80. The van der Waals surface area contributed by atoms with Gasteiger partial charge >= 0.3 is 0 Å². The van der Waals surface area contributed by atoms with Crippen LogP contribution in [-0.2, 0) is 11.2 Å². The molecule has 0 radical (unpaired) electrons. The number of thiocarbonyl (C=S) groups is 1. The van der Waals surface area contributed by atoms with Crippen molar-refractivity contribution in [2.45, 2.75) is 26.3 Å². The van der Waals surface area contributed by atoms with Crippen LogP contribution in [0.5, 0.6) is 0 Å². The van der Waals surface area contributed by atoms with Gasteiger partial charge < -0.3 is 15.4 Å². The van der Waals surface area contributed by atoms with Gasteiger partial charge in [0, 0.05) is 18.8 Å². The number of nitrogens with zero attached hydrogens (tertiary/aromatic N) is 1. The van der Waals surface area contributed by atoms with E-state index in [9.17, 15) is 0 Å². The van der Waals surface area contributed by atoms with Crippen molar-refractivity contribution in [2.75, 3.05) is 19.0 Å². The Morgan fingerprint density at radius 2 is 2.30 bits per heavy atom. The van der Waals surface area contributed by atoms with E-state index in [-0.39, 0.29) is 6.04 Å². The summed E-state index contributed by atoms with van der Waals surface area (Å²) in [5, 5.41) is 8.14. The molecule has 2 N–H and O–H groups in total. The second kappa shape index (κ2) is 6.97. The van der Waals surface area contributed by atoms with Crippen LogP contribution in [0.3, 0.4) is 0 Å². The summed E-state index contributed by atoms with van der Waals surface area (Å²) in [6.45, 7) is 4.76. The van der Waals surface area contributed by atoms with Gasteiger partial charge in [0.05, 0.1) is 21.8 Å². The van der Waals surface area contributed by atoms with Gasteiger partial charge in [0.25, 0.3) is 0 Å². The largest absolute Gasteiger partial charge is 0.383 e. The summed E-state index contributed by atoms with van der Waals surface area (Å²) in [6.07, 6.45) is 0.969. The number of aromatic nitrogens is 1. The molecule has 2 rings (SSSR count). The fraction of sp³-hybridized carbons (Fsp3) is 0.429. The Hall–Kier alpha value is -1.24. The lowest BCUT2D eigenvalue weighted by atomic mass is 10.3. The summed E-state index contributed by atoms with van der Waals surface area (Å²) in [7, 11) is 1.68. The normalized spacial score (nSPS) is 12.3. The second-order valence-corrected chi connectivity index (χ2v) is 6.12. The molecule has 0 spiro atoms. The molecule has 0 fully saturated rings. The van der Waals surface area contributed by atoms with Gasteiger partial charge in [-0.25, -0.2) is 4.98 Å². The molecule has 108 valence electrons. The Bertz CT molecular complexity index is 597. The number of fused-ring (bicyclic) bond motifs is 1. The topological polar surface area (TPSA) is 46.2 Å². The predicted molar refractivity (Wildman–Crippen MR) is 89.7 cm³/mol. The molecule has 0 aliphatic heterocycles. The van der Waals surface area contributed by atoms with Crippen LogP contribution >= 0.6 is 23.6 Å². The number of benzene rings is 1. The quantitative estimate of drug-likeness (QED) is 0.831. The SMILES string of the molecule is CCc1nc2ccc(NC(=S)N[C@H](C)COC)cc2s1. The van der Waals surface area contributed by atoms with Crippen LogP contribution in [0.1, 0.15) is 18.9 Å². The number of aryl methyl sites for hydroxylation is 1. The van der Waals surface area contributed by atoms with Crippen molar-refractivity contribution in [3.05, 3.63) is 23.2 Å². The third-order valence-electron chi connectivity index (χ3n) is 2.79. The average molecular weight is 309 g/mol. The van der Waals surface area contributed by atoms with Gasteiger partial charge in [-0.05, 0) is 43.8 Å². The van der Waals surface area contributed by atoms with Crippen molar-refractivity contribution in [1.29, 1.82) is 0 Å². The van der Waals surface area contributed by atoms with Crippen LogP contribution in [0.2, 0.25) is 0 Å². The van der Waals surface area contributed by atoms with E-state index in [1.165, 1.54) is 4.70 Å². The minimum absolute atomic E-state index is 0.179. The zero-order chi connectivity index (χ0) is 14.5. The van der Waals surface area contributed by atoms with Crippen LogP contribution in [0.4, 0.5) is 5.69 Å². The molecule has 1 atom stereocenters. The van der Waals surface area contributed by atoms with Crippen molar-refractivity contribution in [3.8, 4) is 0 Å². The van der Waals surface area contributed by atoms with Gasteiger partial charge in [-0.3, -0.25) is 0 Å². The van der Waals surface area contributed by atoms with Gasteiger partial charge in [0.15, 0.2) is 5.11 Å². The Morgan fingerprint density at radius 3 is 3.00 bits per heavy atom. The van der Waals surface area contributed by atoms with Gasteiger partial charge in [-0.15, -0.1) is 11.3 Å². The minimum atomic E-state index is 0.179. The second-order valence-electron chi connectivity index (χ2n) is 4.60. The summed E-state index contributed by atoms with van der Waals surface area (Å²) in [6, 6.07) is 6.28. The summed E-state index contributed by atoms with van der Waals surface area (Å²) in [5.41, 5.74) is 2.02. The number of nitrogens with one attached hydrogen (secondary N) is 2. The predicted octanol–water partition coefficient (Wildman–Crippen LogP) is 3.18. The zero-order valence-electron chi connectivity index (χ0n) is 11.9. The monoisotopic (exact) mass is 309 g/mol. The maximum Gasteiger partial charge on any atom is 0.171 e. The minimum Gasteiger partial charge on any atom is -0.383 e. The van der Waals surface area contributed by atoms with Gasteiger partial charge in [0.1, 0.15) is 0 Å². The summed E-state index contributed by atoms with van der Waals surface area (Å²) < 4.78 is 6.25. The van der Waals surface area contributed by atoms with Crippen molar-refractivity contribution < 1.29 is 4.74 Å². The first-order valence-electron chi connectivity index (χ1n) is 6.58. The first kappa shape index (κ1) is 15.2. The third-order valence-corrected chi connectivity index (χ3v) is 4.17. The van der Waals surface area contributed by atoms with Crippen molar-refractivity contribution in [3.63, 3.8) is 0 Å². The highest BCUT2D eigenvalue weighted by Gasteiger charge is 2.06. The molecular formula is C14H19N3OS2. The molecule has 1 heterocycles. The highest BCUT2D eigenvalue weighted by atomic mass is 32.1. The Morgan fingerprint density at radius 1 is 1.50 bits per heavy atom. The number of ether oxygens (including phenoxy) is 1. The van der Waals surface area contributed by atoms with E-state index < -0.39 is 0 Å². The molecule has 0 saturated carbocycles. The third kappa shape index (κ3) is 3.88. The molecule has 1 aromatic carbocycles. The highest BCUT2D eigenvalue weighted by Crippen LogP contribution is 2.25. The Kier molecular flexibility index (Phi) is 5.28. The van der Waals surface area contributed by atoms with Gasteiger partial charge in [-0.1, -0.05) is 6.92 Å². The van der Waals surface area contributed by atoms with Crippen molar-refractivity contribution in [1.82, 2.24) is 10.3 Å². The first-order valence-corrected chi connectivity index (χ1v) is 7.80. The van der Waals surface area contributed by atoms with Crippen LogP contribution < -0.4 is 10.6 Å². The van der Waals surface area contributed by atoms with Crippen LogP contribution in [0, 0.1) is 0 Å². The van der Waals surface area contributed by atoms with Crippen LogP contribution in [0.15, 0.2) is 18.2 Å². The van der Waals surface area contributed by atoms with E-state index in [0.29, 0.717) is 11.7 Å². The molecule has 0 bridgehead atoms. The fourth-order valence-corrected chi connectivity index (χ4v) is 3.15. The molecule has 1 aromatic heterocycles. The van der Waals surface area contributed by atoms with Gasteiger partial charge in [-0.2, -0.15) is 0 Å². The number of hydrogen-bond acceptors (Lipinski definition) is 4. The lowest BCUT2D eigenvalue weighted by Crippen LogP contribution is -2.38. The number of thiazole rings is 1. The van der Waals surface area contributed by atoms with E-state index in [0.717, 1.165) is 22.6 Å². The molecule has 0 aliphatic rings. The molecule has 0 unspecified atom stereocenters. The number of hydrogen-bond donors (Lipinski definition) is 2. The molecule has 6 heteroatoms.